The minimum absolute atomic E-state index is 0.0582. The van der Waals surface area contributed by atoms with Crippen LogP contribution in [0.2, 0.25) is 0 Å². The third kappa shape index (κ3) is 3.17. The Kier molecular flexibility index (Phi) is 4.25. The molecule has 0 radical (unpaired) electrons. The first-order valence-corrected chi connectivity index (χ1v) is 7.78. The first-order chi connectivity index (χ1) is 11.0. The monoisotopic (exact) mass is 338 g/mol. The van der Waals surface area contributed by atoms with E-state index in [1.54, 1.807) is 4.57 Å². The van der Waals surface area contributed by atoms with E-state index in [0.717, 1.165) is 12.1 Å². The summed E-state index contributed by atoms with van der Waals surface area (Å²) in [5, 5.41) is 9.59. The number of carbonyl (C=O) groups is 1. The zero-order valence-corrected chi connectivity index (χ0v) is 13.3. The van der Waals surface area contributed by atoms with Crippen LogP contribution in [0.1, 0.15) is 30.7 Å². The van der Waals surface area contributed by atoms with Crippen LogP contribution >= 0.6 is 12.2 Å². The van der Waals surface area contributed by atoms with Gasteiger partial charge in [-0.15, -0.1) is 0 Å². The average Bonchev–Trinajstić information content (AvgIpc) is 3.25. The van der Waals surface area contributed by atoms with E-state index in [4.69, 9.17) is 12.2 Å². The summed E-state index contributed by atoms with van der Waals surface area (Å²) in [5.74, 6) is -1.48. The predicted octanol–water partition coefficient (Wildman–Crippen LogP) is 2.66. The van der Waals surface area contributed by atoms with Crippen molar-refractivity contribution in [3.63, 3.8) is 0 Å². The number of halogens is 2. The Morgan fingerprint density at radius 3 is 2.96 bits per heavy atom. The van der Waals surface area contributed by atoms with Crippen LogP contribution in [-0.4, -0.2) is 20.7 Å². The Morgan fingerprint density at radius 1 is 1.48 bits per heavy atom. The zero-order chi connectivity index (χ0) is 16.6. The summed E-state index contributed by atoms with van der Waals surface area (Å²) in [6.45, 7) is 2.89. The van der Waals surface area contributed by atoms with Crippen LogP contribution in [0.5, 0.6) is 0 Å². The van der Waals surface area contributed by atoms with Crippen molar-refractivity contribution in [2.24, 2.45) is 5.92 Å². The van der Waals surface area contributed by atoms with Crippen molar-refractivity contribution < 1.29 is 13.6 Å². The van der Waals surface area contributed by atoms with E-state index in [0.29, 0.717) is 29.1 Å². The highest BCUT2D eigenvalue weighted by molar-refractivity contribution is 7.71. The van der Waals surface area contributed by atoms with Gasteiger partial charge in [0.25, 0.3) is 0 Å². The normalized spacial score (nSPS) is 19.6. The molecule has 1 heterocycles. The first kappa shape index (κ1) is 15.8. The molecule has 5 nitrogen and oxygen atoms in total. The summed E-state index contributed by atoms with van der Waals surface area (Å²) in [6.07, 6.45) is 0.636. The maximum atomic E-state index is 13.3. The number of amides is 1. The zero-order valence-electron chi connectivity index (χ0n) is 12.5. The summed E-state index contributed by atoms with van der Waals surface area (Å²) >= 11 is 5.09. The Morgan fingerprint density at radius 2 is 2.26 bits per heavy atom. The van der Waals surface area contributed by atoms with E-state index in [2.05, 4.69) is 15.5 Å². The minimum Gasteiger partial charge on any atom is -0.349 e. The van der Waals surface area contributed by atoms with E-state index < -0.39 is 11.6 Å². The number of carbonyl (C=O) groups excluding carboxylic acids is 1. The summed E-state index contributed by atoms with van der Waals surface area (Å²) in [6, 6.07) is 3.78. The number of aromatic nitrogens is 3. The quantitative estimate of drug-likeness (QED) is 0.824. The maximum Gasteiger partial charge on any atom is 0.224 e. The van der Waals surface area contributed by atoms with Crippen LogP contribution in [0.25, 0.3) is 0 Å². The lowest BCUT2D eigenvalue weighted by atomic mass is 10.1. The average molecular weight is 338 g/mol. The first-order valence-electron chi connectivity index (χ1n) is 7.38. The second-order valence-corrected chi connectivity index (χ2v) is 5.92. The molecule has 2 atom stereocenters. The molecule has 1 aliphatic rings. The van der Waals surface area contributed by atoms with Gasteiger partial charge in [-0.2, -0.15) is 5.10 Å². The van der Waals surface area contributed by atoms with E-state index in [1.807, 2.05) is 6.92 Å². The van der Waals surface area contributed by atoms with Crippen molar-refractivity contribution in [1.29, 1.82) is 0 Å². The van der Waals surface area contributed by atoms with Crippen molar-refractivity contribution in [1.82, 2.24) is 20.1 Å². The molecule has 1 aromatic heterocycles. The molecule has 0 unspecified atom stereocenters. The van der Waals surface area contributed by atoms with Crippen molar-refractivity contribution >= 4 is 18.1 Å². The fraction of sp³-hybridized carbons (Fsp3) is 0.400. The number of H-pyrrole nitrogens is 1. The standard InChI is InChI=1S/C15H16F2N4OS/c1-2-21-13(19-20-15(21)23)7-18-14(22)10-6-9(10)8-3-4-11(16)12(17)5-8/h3-5,9-10H,2,6-7H2,1H3,(H,18,22)(H,20,23)/t9-,10+/m1/s1. The molecule has 0 bridgehead atoms. The molecule has 8 heteroatoms. The largest absolute Gasteiger partial charge is 0.349 e. The third-order valence-electron chi connectivity index (χ3n) is 4.07. The van der Waals surface area contributed by atoms with Gasteiger partial charge in [-0.05, 0) is 49.2 Å². The lowest BCUT2D eigenvalue weighted by Gasteiger charge is -2.06. The second-order valence-electron chi connectivity index (χ2n) is 5.53. The fourth-order valence-electron chi connectivity index (χ4n) is 2.70. The highest BCUT2D eigenvalue weighted by atomic mass is 32.1. The highest BCUT2D eigenvalue weighted by Crippen LogP contribution is 2.47. The molecule has 1 aliphatic carbocycles. The topological polar surface area (TPSA) is 62.7 Å². The molecule has 0 aliphatic heterocycles. The van der Waals surface area contributed by atoms with Gasteiger partial charge in [0.15, 0.2) is 22.2 Å². The van der Waals surface area contributed by atoms with Crippen LogP contribution in [0.3, 0.4) is 0 Å². The molecule has 1 fully saturated rings. The SMILES string of the molecule is CCn1c(CNC(=O)[C@H]2C[C@@H]2c2ccc(F)c(F)c2)n[nH]c1=S. The molecule has 1 amide bonds. The third-order valence-corrected chi connectivity index (χ3v) is 4.38. The molecule has 3 rings (SSSR count). The number of aromatic amines is 1. The molecular weight excluding hydrogens is 322 g/mol. The Hall–Kier alpha value is -2.09. The molecule has 2 aromatic rings. The number of nitrogens with zero attached hydrogens (tertiary/aromatic N) is 2. The van der Waals surface area contributed by atoms with Gasteiger partial charge in [-0.1, -0.05) is 6.07 Å². The molecule has 23 heavy (non-hydrogen) atoms. The van der Waals surface area contributed by atoms with Gasteiger partial charge in [-0.3, -0.25) is 9.89 Å². The maximum absolute atomic E-state index is 13.3. The predicted molar refractivity (Wildman–Crippen MR) is 82.1 cm³/mol. The van der Waals surface area contributed by atoms with Crippen LogP contribution in [-0.2, 0) is 17.9 Å². The molecule has 1 saturated carbocycles. The molecule has 0 saturated heterocycles. The molecule has 1 aromatic carbocycles. The lowest BCUT2D eigenvalue weighted by molar-refractivity contribution is -0.122. The Labute approximate surface area is 136 Å². The van der Waals surface area contributed by atoms with Gasteiger partial charge in [-0.25, -0.2) is 8.78 Å². The van der Waals surface area contributed by atoms with E-state index >= 15 is 0 Å². The van der Waals surface area contributed by atoms with Crippen molar-refractivity contribution in [2.75, 3.05) is 0 Å². The van der Waals surface area contributed by atoms with Gasteiger partial charge in [0.05, 0.1) is 6.54 Å². The van der Waals surface area contributed by atoms with E-state index in [-0.39, 0.29) is 24.3 Å². The van der Waals surface area contributed by atoms with Crippen molar-refractivity contribution in [2.45, 2.75) is 32.4 Å². The van der Waals surface area contributed by atoms with Gasteiger partial charge in [0, 0.05) is 12.5 Å². The second kappa shape index (κ2) is 6.19. The van der Waals surface area contributed by atoms with E-state index in [9.17, 15) is 13.6 Å². The van der Waals surface area contributed by atoms with E-state index in [1.165, 1.54) is 6.07 Å². The van der Waals surface area contributed by atoms with Crippen molar-refractivity contribution in [3.05, 3.63) is 46.0 Å². The number of hydrogen-bond donors (Lipinski definition) is 2. The highest BCUT2D eigenvalue weighted by Gasteiger charge is 2.44. The van der Waals surface area contributed by atoms with Gasteiger partial charge >= 0.3 is 0 Å². The number of nitrogens with one attached hydrogen (secondary N) is 2. The fourth-order valence-corrected chi connectivity index (χ4v) is 2.98. The van der Waals surface area contributed by atoms with Crippen LogP contribution in [0.4, 0.5) is 8.78 Å². The molecular formula is C15H16F2N4OS. The molecule has 0 spiro atoms. The molecule has 122 valence electrons. The lowest BCUT2D eigenvalue weighted by Crippen LogP contribution is -2.26. The number of benzene rings is 1. The van der Waals surface area contributed by atoms with Crippen LogP contribution < -0.4 is 5.32 Å². The Bertz CT molecular complexity index is 801. The number of hydrogen-bond acceptors (Lipinski definition) is 3. The van der Waals surface area contributed by atoms with Crippen molar-refractivity contribution in [3.8, 4) is 0 Å². The molecule has 2 N–H and O–H groups in total. The van der Waals surface area contributed by atoms with Crippen LogP contribution in [0, 0.1) is 22.3 Å². The summed E-state index contributed by atoms with van der Waals surface area (Å²) < 4.78 is 28.5. The van der Waals surface area contributed by atoms with Crippen LogP contribution in [0.15, 0.2) is 18.2 Å². The number of rotatable bonds is 5. The summed E-state index contributed by atoms with van der Waals surface area (Å²) in [5.41, 5.74) is 0.653. The summed E-state index contributed by atoms with van der Waals surface area (Å²) in [4.78, 5) is 12.2. The Balaban J connectivity index is 1.60. The smallest absolute Gasteiger partial charge is 0.224 e. The minimum atomic E-state index is -0.882. The van der Waals surface area contributed by atoms with Gasteiger partial charge in [0.1, 0.15) is 0 Å². The van der Waals surface area contributed by atoms with Gasteiger partial charge < -0.3 is 9.88 Å². The summed E-state index contributed by atoms with van der Waals surface area (Å²) in [7, 11) is 0. The van der Waals surface area contributed by atoms with Gasteiger partial charge in [0.2, 0.25) is 5.91 Å².